The zero-order valence-electron chi connectivity index (χ0n) is 17.8. The van der Waals surface area contributed by atoms with Gasteiger partial charge in [0.2, 0.25) is 0 Å². The number of aromatic nitrogens is 2. The predicted octanol–water partition coefficient (Wildman–Crippen LogP) is 3.56. The van der Waals surface area contributed by atoms with Crippen LogP contribution in [-0.2, 0) is 4.84 Å². The number of benzene rings is 2. The van der Waals surface area contributed by atoms with Gasteiger partial charge in [0, 0.05) is 35.1 Å². The van der Waals surface area contributed by atoms with Crippen molar-refractivity contribution in [2.75, 3.05) is 20.8 Å². The number of aromatic amines is 1. The Bertz CT molecular complexity index is 1310. The number of fused-ring (bicyclic) bond motifs is 2. The average molecular weight is 434 g/mol. The molecule has 4 rings (SSSR count). The standard InChI is InChI=1S/C23H22N4O5/c1-4-24-23(29)19-10-13-9-14(5-6-17(13)26-19)32-20-7-8-25-18-12-21(30-2)16(11-15(18)20)22(28)27-31-3/h5-12,26H,4H2,1-3H3,(H,24,29)(H,27,28). The summed E-state index contributed by atoms with van der Waals surface area (Å²) in [6.45, 7) is 2.41. The van der Waals surface area contributed by atoms with Crippen LogP contribution >= 0.6 is 0 Å². The maximum Gasteiger partial charge on any atom is 0.278 e. The number of hydrogen-bond donors (Lipinski definition) is 3. The topological polar surface area (TPSA) is 115 Å². The number of nitrogens with zero attached hydrogens (tertiary/aromatic N) is 1. The Labute approximate surface area is 183 Å². The summed E-state index contributed by atoms with van der Waals surface area (Å²) >= 11 is 0. The molecule has 4 aromatic rings. The van der Waals surface area contributed by atoms with Crippen LogP contribution in [0.5, 0.6) is 17.2 Å². The first kappa shape index (κ1) is 21.1. The van der Waals surface area contributed by atoms with Gasteiger partial charge in [-0.3, -0.25) is 19.4 Å². The Morgan fingerprint density at radius 1 is 1.03 bits per heavy atom. The molecule has 164 valence electrons. The maximum atomic E-state index is 12.4. The van der Waals surface area contributed by atoms with Gasteiger partial charge >= 0.3 is 0 Å². The molecule has 0 saturated carbocycles. The van der Waals surface area contributed by atoms with Gasteiger partial charge in [-0.15, -0.1) is 0 Å². The molecule has 0 aliphatic carbocycles. The van der Waals surface area contributed by atoms with E-state index >= 15 is 0 Å². The maximum absolute atomic E-state index is 12.4. The molecule has 3 N–H and O–H groups in total. The van der Waals surface area contributed by atoms with E-state index in [2.05, 4.69) is 20.8 Å². The second-order valence-corrected chi connectivity index (χ2v) is 6.91. The van der Waals surface area contributed by atoms with Crippen LogP contribution in [0.1, 0.15) is 27.8 Å². The Balaban J connectivity index is 1.72. The van der Waals surface area contributed by atoms with Crippen LogP contribution < -0.4 is 20.3 Å². The third-order valence-corrected chi connectivity index (χ3v) is 4.86. The SMILES string of the molecule is CCNC(=O)c1cc2cc(Oc3ccnc4cc(OC)c(C(=O)NOC)cc34)ccc2[nH]1. The van der Waals surface area contributed by atoms with Crippen LogP contribution in [0.25, 0.3) is 21.8 Å². The second-order valence-electron chi connectivity index (χ2n) is 6.91. The molecule has 2 aromatic carbocycles. The van der Waals surface area contributed by atoms with Crippen molar-refractivity contribution in [3.8, 4) is 17.2 Å². The molecule has 0 aliphatic heterocycles. The smallest absolute Gasteiger partial charge is 0.278 e. The predicted molar refractivity (Wildman–Crippen MR) is 119 cm³/mol. The van der Waals surface area contributed by atoms with Gasteiger partial charge in [-0.1, -0.05) is 0 Å². The number of carbonyl (C=O) groups excluding carboxylic acids is 2. The third kappa shape index (κ3) is 4.06. The van der Waals surface area contributed by atoms with Gasteiger partial charge in [0.05, 0.1) is 25.3 Å². The Morgan fingerprint density at radius 2 is 1.88 bits per heavy atom. The lowest BCUT2D eigenvalue weighted by Crippen LogP contribution is -2.22. The van der Waals surface area contributed by atoms with Crippen molar-refractivity contribution in [3.05, 3.63) is 59.9 Å². The molecule has 2 heterocycles. The van der Waals surface area contributed by atoms with Crippen molar-refractivity contribution in [3.63, 3.8) is 0 Å². The number of pyridine rings is 1. The summed E-state index contributed by atoms with van der Waals surface area (Å²) in [7, 11) is 2.84. The number of ether oxygens (including phenoxy) is 2. The van der Waals surface area contributed by atoms with E-state index in [1.54, 1.807) is 36.5 Å². The molecule has 9 nitrogen and oxygen atoms in total. The van der Waals surface area contributed by atoms with Crippen molar-refractivity contribution in [1.29, 1.82) is 0 Å². The molecule has 32 heavy (non-hydrogen) atoms. The number of nitrogens with one attached hydrogen (secondary N) is 3. The zero-order chi connectivity index (χ0) is 22.7. The van der Waals surface area contributed by atoms with E-state index in [0.29, 0.717) is 40.4 Å². The lowest BCUT2D eigenvalue weighted by atomic mass is 10.1. The van der Waals surface area contributed by atoms with Gasteiger partial charge in [-0.2, -0.15) is 0 Å². The van der Waals surface area contributed by atoms with Gasteiger partial charge in [0.1, 0.15) is 22.9 Å². The molecular weight excluding hydrogens is 412 g/mol. The summed E-state index contributed by atoms with van der Waals surface area (Å²) in [5.41, 5.74) is 4.49. The molecule has 0 fully saturated rings. The van der Waals surface area contributed by atoms with Gasteiger partial charge < -0.3 is 19.8 Å². The van der Waals surface area contributed by atoms with E-state index in [1.165, 1.54) is 14.2 Å². The molecule has 9 heteroatoms. The Morgan fingerprint density at radius 3 is 2.62 bits per heavy atom. The number of H-pyrrole nitrogens is 1. The molecule has 0 unspecified atom stereocenters. The average Bonchev–Trinajstić information content (AvgIpc) is 3.22. The number of hydroxylamine groups is 1. The van der Waals surface area contributed by atoms with Crippen molar-refractivity contribution in [2.45, 2.75) is 6.92 Å². The quantitative estimate of drug-likeness (QED) is 0.383. The van der Waals surface area contributed by atoms with Crippen molar-refractivity contribution < 1.29 is 23.9 Å². The molecule has 0 radical (unpaired) electrons. The number of hydrogen-bond acceptors (Lipinski definition) is 6. The normalized spacial score (nSPS) is 10.8. The Kier molecular flexibility index (Phi) is 5.91. The third-order valence-electron chi connectivity index (χ3n) is 4.86. The minimum atomic E-state index is -0.451. The lowest BCUT2D eigenvalue weighted by molar-refractivity contribution is 0.0535. The summed E-state index contributed by atoms with van der Waals surface area (Å²) < 4.78 is 11.5. The lowest BCUT2D eigenvalue weighted by Gasteiger charge is -2.13. The molecule has 0 bridgehead atoms. The highest BCUT2D eigenvalue weighted by atomic mass is 16.6. The first-order chi connectivity index (χ1) is 15.5. The van der Waals surface area contributed by atoms with E-state index in [1.807, 2.05) is 19.1 Å². The highest BCUT2D eigenvalue weighted by Crippen LogP contribution is 2.34. The summed E-state index contributed by atoms with van der Waals surface area (Å²) in [5.74, 6) is 0.839. The molecule has 2 aromatic heterocycles. The summed E-state index contributed by atoms with van der Waals surface area (Å²) in [6.07, 6.45) is 1.62. The van der Waals surface area contributed by atoms with Crippen molar-refractivity contribution in [2.24, 2.45) is 0 Å². The highest BCUT2D eigenvalue weighted by molar-refractivity contribution is 6.02. The largest absolute Gasteiger partial charge is 0.496 e. The van der Waals surface area contributed by atoms with Gasteiger partial charge in [0.25, 0.3) is 11.8 Å². The van der Waals surface area contributed by atoms with E-state index in [9.17, 15) is 9.59 Å². The number of rotatable bonds is 7. The van der Waals surface area contributed by atoms with Gasteiger partial charge in [-0.25, -0.2) is 5.48 Å². The fourth-order valence-corrected chi connectivity index (χ4v) is 3.41. The van der Waals surface area contributed by atoms with E-state index in [4.69, 9.17) is 14.3 Å². The van der Waals surface area contributed by atoms with Gasteiger partial charge in [0.15, 0.2) is 0 Å². The van der Waals surface area contributed by atoms with Crippen LogP contribution in [-0.4, -0.2) is 42.5 Å². The number of methoxy groups -OCH3 is 1. The molecule has 0 atom stereocenters. The summed E-state index contributed by atoms with van der Waals surface area (Å²) in [4.78, 5) is 36.7. The van der Waals surface area contributed by atoms with Crippen LogP contribution in [0.4, 0.5) is 0 Å². The molecule has 0 spiro atoms. The molecular formula is C23H22N4O5. The summed E-state index contributed by atoms with van der Waals surface area (Å²) in [6, 6.07) is 12.3. The van der Waals surface area contributed by atoms with E-state index in [0.717, 1.165) is 10.9 Å². The van der Waals surface area contributed by atoms with Crippen molar-refractivity contribution >= 4 is 33.6 Å². The van der Waals surface area contributed by atoms with Crippen LogP contribution in [0.15, 0.2) is 48.7 Å². The zero-order valence-corrected chi connectivity index (χ0v) is 17.8. The number of carbonyl (C=O) groups is 2. The highest BCUT2D eigenvalue weighted by Gasteiger charge is 2.17. The first-order valence-electron chi connectivity index (χ1n) is 9.93. The first-order valence-corrected chi connectivity index (χ1v) is 9.93. The fourth-order valence-electron chi connectivity index (χ4n) is 3.41. The van der Waals surface area contributed by atoms with E-state index < -0.39 is 5.91 Å². The molecule has 2 amide bonds. The van der Waals surface area contributed by atoms with E-state index in [-0.39, 0.29) is 11.5 Å². The van der Waals surface area contributed by atoms with Crippen molar-refractivity contribution in [1.82, 2.24) is 20.8 Å². The van der Waals surface area contributed by atoms with Crippen LogP contribution in [0.3, 0.4) is 0 Å². The molecule has 0 saturated heterocycles. The Hall–Kier alpha value is -4.11. The van der Waals surface area contributed by atoms with Gasteiger partial charge in [-0.05, 0) is 43.3 Å². The number of amides is 2. The fraction of sp³-hybridized carbons (Fsp3) is 0.174. The minimum Gasteiger partial charge on any atom is -0.496 e. The monoisotopic (exact) mass is 434 g/mol. The second kappa shape index (κ2) is 8.94. The summed E-state index contributed by atoms with van der Waals surface area (Å²) in [5, 5.41) is 4.24. The van der Waals surface area contributed by atoms with Crippen LogP contribution in [0.2, 0.25) is 0 Å². The minimum absolute atomic E-state index is 0.165. The van der Waals surface area contributed by atoms with Crippen LogP contribution in [0, 0.1) is 0 Å². The molecule has 0 aliphatic rings.